The van der Waals surface area contributed by atoms with Crippen LogP contribution in [0, 0.1) is 0 Å². The number of amides is 2. The maximum atomic E-state index is 14.3. The van der Waals surface area contributed by atoms with Crippen molar-refractivity contribution in [2.24, 2.45) is 0 Å². The first kappa shape index (κ1) is 34.7. The number of carbonyl (C=O) groups is 2. The normalized spacial score (nSPS) is 12.5. The van der Waals surface area contributed by atoms with Crippen molar-refractivity contribution in [1.29, 1.82) is 0 Å². The van der Waals surface area contributed by atoms with Crippen LogP contribution in [0.2, 0.25) is 0 Å². The summed E-state index contributed by atoms with van der Waals surface area (Å²) in [4.78, 5) is 29.6. The van der Waals surface area contributed by atoms with Crippen molar-refractivity contribution in [3.63, 3.8) is 0 Å². The lowest BCUT2D eigenvalue weighted by Gasteiger charge is -2.34. The van der Waals surface area contributed by atoms with Crippen LogP contribution in [0.25, 0.3) is 0 Å². The Morgan fingerprint density at radius 1 is 0.826 bits per heavy atom. The minimum atomic E-state index is -3.88. The number of carbonyl (C=O) groups excluding carboxylic acids is 2. The van der Waals surface area contributed by atoms with E-state index >= 15 is 0 Å². The van der Waals surface area contributed by atoms with E-state index in [2.05, 4.69) is 21.2 Å². The second kappa shape index (κ2) is 16.4. The third-order valence-corrected chi connectivity index (χ3v) is 9.26. The van der Waals surface area contributed by atoms with E-state index in [1.165, 1.54) is 4.90 Å². The fraction of sp³-hybridized carbons (Fsp3) is 0.278. The number of rotatable bonds is 15. The van der Waals surface area contributed by atoms with Gasteiger partial charge in [-0.1, -0.05) is 95.7 Å². The molecule has 10 heteroatoms. The molecule has 0 saturated heterocycles. The Kier molecular flexibility index (Phi) is 12.4. The van der Waals surface area contributed by atoms with E-state index in [0.29, 0.717) is 18.0 Å². The molecule has 0 spiro atoms. The van der Waals surface area contributed by atoms with Gasteiger partial charge in [0, 0.05) is 23.5 Å². The average molecular weight is 707 g/mol. The number of benzene rings is 4. The van der Waals surface area contributed by atoms with Gasteiger partial charge >= 0.3 is 0 Å². The van der Waals surface area contributed by atoms with Gasteiger partial charge in [0.1, 0.15) is 24.9 Å². The summed E-state index contributed by atoms with van der Waals surface area (Å²) >= 11 is 3.45. The summed E-state index contributed by atoms with van der Waals surface area (Å²) in [5, 5.41) is 3.04. The van der Waals surface area contributed by atoms with Gasteiger partial charge in [-0.25, -0.2) is 8.42 Å². The first-order valence-corrected chi connectivity index (χ1v) is 17.8. The lowest BCUT2D eigenvalue weighted by atomic mass is 10.0. The topological polar surface area (TPSA) is 96.0 Å². The Hall–Kier alpha value is -4.15. The van der Waals surface area contributed by atoms with Gasteiger partial charge in [0.25, 0.3) is 0 Å². The largest absolute Gasteiger partial charge is 0.489 e. The predicted molar refractivity (Wildman–Crippen MR) is 186 cm³/mol. The number of sulfonamides is 1. The number of hydrogen-bond acceptors (Lipinski definition) is 5. The minimum absolute atomic E-state index is 0.106. The summed E-state index contributed by atoms with van der Waals surface area (Å²) < 4.78 is 34.0. The first-order chi connectivity index (χ1) is 22.0. The molecule has 0 radical (unpaired) electrons. The van der Waals surface area contributed by atoms with Crippen LogP contribution in [0.15, 0.2) is 114 Å². The molecule has 0 saturated carbocycles. The molecule has 2 atom stereocenters. The van der Waals surface area contributed by atoms with E-state index in [1.807, 2.05) is 98.8 Å². The third kappa shape index (κ3) is 10.2. The van der Waals surface area contributed by atoms with E-state index in [0.717, 1.165) is 38.1 Å². The molecule has 0 unspecified atom stereocenters. The van der Waals surface area contributed by atoms with Crippen molar-refractivity contribution >= 4 is 43.5 Å². The smallest absolute Gasteiger partial charge is 0.244 e. The third-order valence-electron chi connectivity index (χ3n) is 7.59. The molecular weight excluding hydrogens is 666 g/mol. The van der Waals surface area contributed by atoms with E-state index in [1.54, 1.807) is 24.3 Å². The van der Waals surface area contributed by atoms with Gasteiger partial charge in [0.05, 0.1) is 11.9 Å². The van der Waals surface area contributed by atoms with Crippen molar-refractivity contribution in [3.05, 3.63) is 130 Å². The molecule has 4 aromatic rings. The molecule has 0 fully saturated rings. The summed E-state index contributed by atoms with van der Waals surface area (Å²) in [7, 11) is -3.88. The molecule has 0 aliphatic rings. The number of hydrogen-bond donors (Lipinski definition) is 1. The quantitative estimate of drug-likeness (QED) is 0.156. The van der Waals surface area contributed by atoms with E-state index in [9.17, 15) is 18.0 Å². The number of nitrogens with zero attached hydrogens (tertiary/aromatic N) is 2. The molecule has 0 bridgehead atoms. The molecule has 2 amide bonds. The van der Waals surface area contributed by atoms with Crippen LogP contribution in [0.5, 0.6) is 5.75 Å². The summed E-state index contributed by atoms with van der Waals surface area (Å²) in [6, 6.07) is 32.3. The average Bonchev–Trinajstić information content (AvgIpc) is 3.05. The SMILES string of the molecule is CC[C@@H](C)NC(=O)[C@H](Cc1ccccc1)N(Cc1ccc(Br)cc1)C(=O)CN(c1ccc(OCc2ccccc2)cc1)S(C)(=O)=O. The van der Waals surface area contributed by atoms with Gasteiger partial charge in [0.2, 0.25) is 21.8 Å². The van der Waals surface area contributed by atoms with Crippen LogP contribution in [-0.4, -0.2) is 50.0 Å². The fourth-order valence-corrected chi connectivity index (χ4v) is 5.96. The zero-order valence-electron chi connectivity index (χ0n) is 26.3. The second-order valence-corrected chi connectivity index (χ2v) is 14.0. The lowest BCUT2D eigenvalue weighted by Crippen LogP contribution is -2.54. The van der Waals surface area contributed by atoms with Gasteiger partial charge in [-0.15, -0.1) is 0 Å². The zero-order valence-corrected chi connectivity index (χ0v) is 28.7. The highest BCUT2D eigenvalue weighted by molar-refractivity contribution is 9.10. The molecule has 46 heavy (non-hydrogen) atoms. The van der Waals surface area contributed by atoms with Crippen molar-refractivity contribution < 1.29 is 22.7 Å². The number of halogens is 1. The summed E-state index contributed by atoms with van der Waals surface area (Å²) in [6.07, 6.45) is 2.05. The van der Waals surface area contributed by atoms with Crippen molar-refractivity contribution in [3.8, 4) is 5.75 Å². The Bertz CT molecular complexity index is 1670. The maximum Gasteiger partial charge on any atom is 0.244 e. The van der Waals surface area contributed by atoms with Crippen molar-refractivity contribution in [2.45, 2.75) is 51.9 Å². The Balaban J connectivity index is 1.64. The standard InChI is InChI=1S/C36H40BrN3O5S/c1-4-27(2)38-36(42)34(23-28-11-7-5-8-12-28)39(24-29-15-17-31(37)18-16-29)35(41)25-40(46(3,43)44)32-19-21-33(22-20-32)45-26-30-13-9-6-10-14-30/h5-22,27,34H,4,23-26H2,1-3H3,(H,38,42)/t27-,34+/m1/s1. The number of ether oxygens (including phenoxy) is 1. The number of anilines is 1. The fourth-order valence-electron chi connectivity index (χ4n) is 4.84. The van der Waals surface area contributed by atoms with Gasteiger partial charge in [0.15, 0.2) is 0 Å². The molecule has 8 nitrogen and oxygen atoms in total. The van der Waals surface area contributed by atoms with Crippen LogP contribution < -0.4 is 14.4 Å². The Labute approximate surface area is 280 Å². The highest BCUT2D eigenvalue weighted by Gasteiger charge is 2.33. The first-order valence-electron chi connectivity index (χ1n) is 15.2. The van der Waals surface area contributed by atoms with Gasteiger partial charge < -0.3 is 15.0 Å². The lowest BCUT2D eigenvalue weighted by molar-refractivity contribution is -0.140. The van der Waals surface area contributed by atoms with Gasteiger partial charge in [-0.3, -0.25) is 13.9 Å². The van der Waals surface area contributed by atoms with Crippen LogP contribution in [0.1, 0.15) is 37.0 Å². The van der Waals surface area contributed by atoms with Crippen LogP contribution in [0.4, 0.5) is 5.69 Å². The van der Waals surface area contributed by atoms with Gasteiger partial charge in [-0.05, 0) is 66.4 Å². The molecule has 0 aromatic heterocycles. The molecule has 242 valence electrons. The van der Waals surface area contributed by atoms with Crippen LogP contribution in [-0.2, 0) is 39.2 Å². The summed E-state index contributed by atoms with van der Waals surface area (Å²) in [5.74, 6) is -0.235. The summed E-state index contributed by atoms with van der Waals surface area (Å²) in [5.41, 5.74) is 3.00. The molecule has 4 aromatic carbocycles. The molecule has 0 heterocycles. The molecular formula is C36H40BrN3O5S. The monoisotopic (exact) mass is 705 g/mol. The van der Waals surface area contributed by atoms with Crippen LogP contribution >= 0.6 is 15.9 Å². The number of nitrogens with one attached hydrogen (secondary N) is 1. The Morgan fingerprint density at radius 2 is 1.41 bits per heavy atom. The molecule has 0 aliphatic carbocycles. The van der Waals surface area contributed by atoms with Crippen molar-refractivity contribution in [2.75, 3.05) is 17.1 Å². The predicted octanol–water partition coefficient (Wildman–Crippen LogP) is 6.35. The minimum Gasteiger partial charge on any atom is -0.489 e. The van der Waals surface area contributed by atoms with Crippen molar-refractivity contribution in [1.82, 2.24) is 10.2 Å². The summed E-state index contributed by atoms with van der Waals surface area (Å²) in [6.45, 7) is 3.88. The van der Waals surface area contributed by atoms with E-state index < -0.39 is 28.5 Å². The highest BCUT2D eigenvalue weighted by atomic mass is 79.9. The van der Waals surface area contributed by atoms with Crippen LogP contribution in [0.3, 0.4) is 0 Å². The van der Waals surface area contributed by atoms with E-state index in [4.69, 9.17) is 4.74 Å². The molecule has 4 rings (SSSR count). The second-order valence-electron chi connectivity index (χ2n) is 11.2. The molecule has 0 aliphatic heterocycles. The molecule has 1 N–H and O–H groups in total. The van der Waals surface area contributed by atoms with Gasteiger partial charge in [-0.2, -0.15) is 0 Å². The zero-order chi connectivity index (χ0) is 33.1. The highest BCUT2D eigenvalue weighted by Crippen LogP contribution is 2.24. The van der Waals surface area contributed by atoms with E-state index in [-0.39, 0.29) is 24.9 Å². The maximum absolute atomic E-state index is 14.3. The Morgan fingerprint density at radius 3 is 1.98 bits per heavy atom.